The van der Waals surface area contributed by atoms with Crippen molar-refractivity contribution in [3.63, 3.8) is 0 Å². The Balaban J connectivity index is 2.41. The Hall–Kier alpha value is -0.540. The molecule has 1 aromatic heterocycles. The fourth-order valence-corrected chi connectivity index (χ4v) is 2.46. The molecule has 0 bridgehead atoms. The number of nitrogens with one attached hydrogen (secondary N) is 1. The molecule has 0 aliphatic carbocycles. The summed E-state index contributed by atoms with van der Waals surface area (Å²) in [5.74, 6) is 0.0341. The molecule has 1 heterocycles. The molecule has 1 amide bonds. The van der Waals surface area contributed by atoms with Crippen molar-refractivity contribution in [2.75, 3.05) is 6.54 Å². The van der Waals surface area contributed by atoms with E-state index in [4.69, 9.17) is 11.6 Å². The lowest BCUT2D eigenvalue weighted by molar-refractivity contribution is 0.0956. The number of rotatable bonds is 6. The van der Waals surface area contributed by atoms with E-state index in [2.05, 4.69) is 12.2 Å². The Labute approximate surface area is 106 Å². The SMILES string of the molecule is CCc1ccsc1C(=O)NCCC(Cl)CC. The van der Waals surface area contributed by atoms with E-state index in [1.165, 1.54) is 11.3 Å². The molecular formula is C12H18ClNOS. The average Bonchev–Trinajstić information content (AvgIpc) is 2.76. The highest BCUT2D eigenvalue weighted by Crippen LogP contribution is 2.17. The van der Waals surface area contributed by atoms with Gasteiger partial charge in [-0.3, -0.25) is 4.79 Å². The van der Waals surface area contributed by atoms with Gasteiger partial charge in [-0.05, 0) is 36.3 Å². The van der Waals surface area contributed by atoms with Crippen LogP contribution in [0.3, 0.4) is 0 Å². The maximum Gasteiger partial charge on any atom is 0.261 e. The minimum Gasteiger partial charge on any atom is -0.351 e. The van der Waals surface area contributed by atoms with Crippen LogP contribution in [0.15, 0.2) is 11.4 Å². The van der Waals surface area contributed by atoms with Crippen LogP contribution in [-0.4, -0.2) is 17.8 Å². The summed E-state index contributed by atoms with van der Waals surface area (Å²) in [6.45, 7) is 4.76. The number of carbonyl (C=O) groups is 1. The molecule has 0 aliphatic heterocycles. The summed E-state index contributed by atoms with van der Waals surface area (Å²) in [7, 11) is 0. The fourth-order valence-electron chi connectivity index (χ4n) is 1.44. The smallest absolute Gasteiger partial charge is 0.261 e. The number of carbonyl (C=O) groups excluding carboxylic acids is 1. The van der Waals surface area contributed by atoms with E-state index in [0.717, 1.165) is 29.7 Å². The molecule has 1 N–H and O–H groups in total. The number of alkyl halides is 1. The highest BCUT2D eigenvalue weighted by atomic mass is 35.5. The minimum atomic E-state index is 0.0341. The number of aryl methyl sites for hydroxylation is 1. The largest absolute Gasteiger partial charge is 0.351 e. The van der Waals surface area contributed by atoms with E-state index >= 15 is 0 Å². The maximum atomic E-state index is 11.8. The first-order valence-electron chi connectivity index (χ1n) is 5.67. The summed E-state index contributed by atoms with van der Waals surface area (Å²) in [5, 5.41) is 5.04. The van der Waals surface area contributed by atoms with Gasteiger partial charge in [-0.2, -0.15) is 0 Å². The van der Waals surface area contributed by atoms with Crippen molar-refractivity contribution in [1.29, 1.82) is 0 Å². The second-order valence-electron chi connectivity index (χ2n) is 3.68. The standard InChI is InChI=1S/C12H18ClNOS/c1-3-9-6-8-16-11(9)12(15)14-7-5-10(13)4-2/h6,8,10H,3-5,7H2,1-2H3,(H,14,15). The lowest BCUT2D eigenvalue weighted by Gasteiger charge is -2.07. The number of hydrogen-bond donors (Lipinski definition) is 1. The molecule has 0 radical (unpaired) electrons. The summed E-state index contributed by atoms with van der Waals surface area (Å²) < 4.78 is 0. The van der Waals surface area contributed by atoms with Crippen molar-refractivity contribution in [3.8, 4) is 0 Å². The predicted molar refractivity (Wildman–Crippen MR) is 70.6 cm³/mol. The molecule has 90 valence electrons. The quantitative estimate of drug-likeness (QED) is 0.779. The lowest BCUT2D eigenvalue weighted by atomic mass is 10.2. The normalized spacial score (nSPS) is 12.4. The van der Waals surface area contributed by atoms with Gasteiger partial charge in [-0.15, -0.1) is 22.9 Å². The first kappa shape index (κ1) is 13.5. The second-order valence-corrected chi connectivity index (χ2v) is 5.21. The van der Waals surface area contributed by atoms with E-state index in [0.29, 0.717) is 6.54 Å². The molecule has 0 saturated carbocycles. The van der Waals surface area contributed by atoms with Gasteiger partial charge < -0.3 is 5.32 Å². The van der Waals surface area contributed by atoms with Crippen LogP contribution < -0.4 is 5.32 Å². The molecule has 1 atom stereocenters. The number of amides is 1. The summed E-state index contributed by atoms with van der Waals surface area (Å²) in [5.41, 5.74) is 1.13. The monoisotopic (exact) mass is 259 g/mol. The van der Waals surface area contributed by atoms with Gasteiger partial charge in [0.05, 0.1) is 4.88 Å². The van der Waals surface area contributed by atoms with Crippen molar-refractivity contribution in [2.24, 2.45) is 0 Å². The van der Waals surface area contributed by atoms with Gasteiger partial charge >= 0.3 is 0 Å². The zero-order chi connectivity index (χ0) is 12.0. The van der Waals surface area contributed by atoms with Gasteiger partial charge in [-0.25, -0.2) is 0 Å². The lowest BCUT2D eigenvalue weighted by Crippen LogP contribution is -2.26. The van der Waals surface area contributed by atoms with Crippen LogP contribution in [0.5, 0.6) is 0 Å². The van der Waals surface area contributed by atoms with Crippen LogP contribution >= 0.6 is 22.9 Å². The van der Waals surface area contributed by atoms with Crippen molar-refractivity contribution >= 4 is 28.8 Å². The van der Waals surface area contributed by atoms with Crippen molar-refractivity contribution in [1.82, 2.24) is 5.32 Å². The molecule has 2 nitrogen and oxygen atoms in total. The van der Waals surface area contributed by atoms with E-state index in [9.17, 15) is 4.79 Å². The maximum absolute atomic E-state index is 11.8. The fraction of sp³-hybridized carbons (Fsp3) is 0.583. The van der Waals surface area contributed by atoms with Gasteiger partial charge in [-0.1, -0.05) is 13.8 Å². The van der Waals surface area contributed by atoms with E-state index in [1.807, 2.05) is 18.4 Å². The molecule has 0 aliphatic rings. The number of thiophene rings is 1. The highest BCUT2D eigenvalue weighted by Gasteiger charge is 2.11. The van der Waals surface area contributed by atoms with Crippen molar-refractivity contribution < 1.29 is 4.79 Å². The third-order valence-electron chi connectivity index (χ3n) is 2.52. The molecule has 0 saturated heterocycles. The summed E-state index contributed by atoms with van der Waals surface area (Å²) >= 11 is 7.49. The Morgan fingerprint density at radius 3 is 2.94 bits per heavy atom. The molecule has 1 unspecified atom stereocenters. The summed E-state index contributed by atoms with van der Waals surface area (Å²) in [6.07, 6.45) is 2.67. The van der Waals surface area contributed by atoms with Gasteiger partial charge in [0.25, 0.3) is 5.91 Å². The molecule has 4 heteroatoms. The van der Waals surface area contributed by atoms with Gasteiger partial charge in [0, 0.05) is 11.9 Å². The summed E-state index contributed by atoms with van der Waals surface area (Å²) in [4.78, 5) is 12.6. The van der Waals surface area contributed by atoms with E-state index in [1.54, 1.807) is 0 Å². The number of hydrogen-bond acceptors (Lipinski definition) is 2. The van der Waals surface area contributed by atoms with E-state index < -0.39 is 0 Å². The van der Waals surface area contributed by atoms with Gasteiger partial charge in [0.1, 0.15) is 0 Å². The second kappa shape index (κ2) is 6.92. The van der Waals surface area contributed by atoms with Crippen molar-refractivity contribution in [2.45, 2.75) is 38.5 Å². The molecule has 0 spiro atoms. The summed E-state index contributed by atoms with van der Waals surface area (Å²) in [6, 6.07) is 2.01. The Morgan fingerprint density at radius 2 is 2.31 bits per heavy atom. The van der Waals surface area contributed by atoms with Crippen LogP contribution in [0, 0.1) is 0 Å². The first-order chi connectivity index (χ1) is 7.69. The zero-order valence-electron chi connectivity index (χ0n) is 9.75. The van der Waals surface area contributed by atoms with Crippen LogP contribution in [-0.2, 0) is 6.42 Å². The topological polar surface area (TPSA) is 29.1 Å². The molecule has 1 aromatic rings. The molecular weight excluding hydrogens is 242 g/mol. The molecule has 0 fully saturated rings. The highest BCUT2D eigenvalue weighted by molar-refractivity contribution is 7.12. The van der Waals surface area contributed by atoms with Crippen LogP contribution in [0.2, 0.25) is 0 Å². The molecule has 16 heavy (non-hydrogen) atoms. The Kier molecular flexibility index (Phi) is 5.85. The van der Waals surface area contributed by atoms with Gasteiger partial charge in [0.2, 0.25) is 0 Å². The third kappa shape index (κ3) is 3.80. The van der Waals surface area contributed by atoms with E-state index in [-0.39, 0.29) is 11.3 Å². The number of halogens is 1. The molecule has 1 rings (SSSR count). The molecule has 0 aromatic carbocycles. The van der Waals surface area contributed by atoms with Crippen LogP contribution in [0.4, 0.5) is 0 Å². The average molecular weight is 260 g/mol. The minimum absolute atomic E-state index is 0.0341. The Bertz CT molecular complexity index is 338. The zero-order valence-corrected chi connectivity index (χ0v) is 11.3. The Morgan fingerprint density at radius 1 is 1.56 bits per heavy atom. The van der Waals surface area contributed by atoms with Gasteiger partial charge in [0.15, 0.2) is 0 Å². The van der Waals surface area contributed by atoms with Crippen molar-refractivity contribution in [3.05, 3.63) is 21.9 Å². The van der Waals surface area contributed by atoms with Crippen LogP contribution in [0.25, 0.3) is 0 Å². The first-order valence-corrected chi connectivity index (χ1v) is 6.99. The third-order valence-corrected chi connectivity index (χ3v) is 4.00. The van der Waals surface area contributed by atoms with Crippen LogP contribution in [0.1, 0.15) is 41.9 Å². The predicted octanol–water partition coefficient (Wildman–Crippen LogP) is 3.45.